The predicted octanol–water partition coefficient (Wildman–Crippen LogP) is 4.45. The molecule has 152 valence electrons. The number of carbonyl (C=O) groups is 1. The highest BCUT2D eigenvalue weighted by atomic mass is 35.5. The minimum atomic E-state index is -0.296. The van der Waals surface area contributed by atoms with E-state index >= 15 is 0 Å². The first-order chi connectivity index (χ1) is 13.3. The van der Waals surface area contributed by atoms with Gasteiger partial charge in [0.2, 0.25) is 5.91 Å². The van der Waals surface area contributed by atoms with E-state index in [0.29, 0.717) is 33.5 Å². The van der Waals surface area contributed by atoms with Crippen molar-refractivity contribution in [2.45, 2.75) is 57.5 Å². The fraction of sp³-hybridized carbons (Fsp3) is 0.571. The van der Waals surface area contributed by atoms with Gasteiger partial charge in [0.25, 0.3) is 5.56 Å². The SMILES string of the molecule is CC(C)Cn1c(S[C@H](C)C(=O)N2CCC(C)CC2)nc2cc(Cl)ccc2c1=O. The Hall–Kier alpha value is -1.53. The Morgan fingerprint density at radius 2 is 1.96 bits per heavy atom. The lowest BCUT2D eigenvalue weighted by molar-refractivity contribution is -0.131. The van der Waals surface area contributed by atoms with Gasteiger partial charge in [0.1, 0.15) is 0 Å². The summed E-state index contributed by atoms with van der Waals surface area (Å²) in [6, 6.07) is 5.14. The van der Waals surface area contributed by atoms with E-state index in [1.54, 1.807) is 22.8 Å². The van der Waals surface area contributed by atoms with Crippen LogP contribution >= 0.6 is 23.4 Å². The van der Waals surface area contributed by atoms with E-state index in [9.17, 15) is 9.59 Å². The summed E-state index contributed by atoms with van der Waals surface area (Å²) in [6.07, 6.45) is 2.10. The van der Waals surface area contributed by atoms with Gasteiger partial charge in [0, 0.05) is 24.7 Å². The molecule has 0 saturated carbocycles. The summed E-state index contributed by atoms with van der Waals surface area (Å²) in [7, 11) is 0. The fourth-order valence-electron chi connectivity index (χ4n) is 3.48. The number of fused-ring (bicyclic) bond motifs is 1. The molecule has 1 amide bonds. The highest BCUT2D eigenvalue weighted by molar-refractivity contribution is 8.00. The lowest BCUT2D eigenvalue weighted by Gasteiger charge is -2.32. The monoisotopic (exact) mass is 421 g/mol. The molecule has 5 nitrogen and oxygen atoms in total. The van der Waals surface area contributed by atoms with E-state index < -0.39 is 0 Å². The van der Waals surface area contributed by atoms with Crippen molar-refractivity contribution in [1.82, 2.24) is 14.5 Å². The van der Waals surface area contributed by atoms with Crippen LogP contribution in [0.2, 0.25) is 5.02 Å². The number of rotatable bonds is 5. The molecule has 0 N–H and O–H groups in total. The quantitative estimate of drug-likeness (QED) is 0.528. The van der Waals surface area contributed by atoms with Crippen LogP contribution in [0.25, 0.3) is 10.9 Å². The molecule has 1 atom stereocenters. The molecule has 1 saturated heterocycles. The molecule has 1 aromatic heterocycles. The largest absolute Gasteiger partial charge is 0.342 e. The number of thioether (sulfide) groups is 1. The van der Waals surface area contributed by atoms with Gasteiger partial charge in [-0.1, -0.05) is 44.1 Å². The first kappa shape index (κ1) is 21.2. The van der Waals surface area contributed by atoms with E-state index in [0.717, 1.165) is 25.9 Å². The van der Waals surface area contributed by atoms with Gasteiger partial charge in [-0.2, -0.15) is 0 Å². The van der Waals surface area contributed by atoms with Gasteiger partial charge in [-0.15, -0.1) is 0 Å². The molecule has 1 aliphatic rings. The average Bonchev–Trinajstić information content (AvgIpc) is 2.64. The number of aromatic nitrogens is 2. The van der Waals surface area contributed by atoms with Crippen LogP contribution in [0.4, 0.5) is 0 Å². The number of likely N-dealkylation sites (tertiary alicyclic amines) is 1. The molecule has 7 heteroatoms. The summed E-state index contributed by atoms with van der Waals surface area (Å²) in [6.45, 7) is 10.4. The van der Waals surface area contributed by atoms with E-state index in [4.69, 9.17) is 16.6 Å². The van der Waals surface area contributed by atoms with Crippen LogP contribution in [0.15, 0.2) is 28.2 Å². The standard InChI is InChI=1S/C21H28ClN3O2S/c1-13(2)12-25-20(27)17-6-5-16(22)11-18(17)23-21(25)28-15(4)19(26)24-9-7-14(3)8-10-24/h5-6,11,13-15H,7-10,12H2,1-4H3/t15-/m1/s1. The minimum Gasteiger partial charge on any atom is -0.342 e. The highest BCUT2D eigenvalue weighted by Gasteiger charge is 2.26. The van der Waals surface area contributed by atoms with Crippen molar-refractivity contribution in [1.29, 1.82) is 0 Å². The molecule has 28 heavy (non-hydrogen) atoms. The third kappa shape index (κ3) is 4.71. The molecule has 0 unspecified atom stereocenters. The lowest BCUT2D eigenvalue weighted by atomic mass is 9.99. The Morgan fingerprint density at radius 1 is 1.29 bits per heavy atom. The van der Waals surface area contributed by atoms with E-state index in [1.165, 1.54) is 11.8 Å². The number of nitrogens with zero attached hydrogens (tertiary/aromatic N) is 3. The van der Waals surface area contributed by atoms with Gasteiger partial charge in [-0.25, -0.2) is 4.98 Å². The molecule has 1 aromatic carbocycles. The Balaban J connectivity index is 1.91. The molecule has 0 spiro atoms. The number of hydrogen-bond donors (Lipinski definition) is 0. The second kappa shape index (κ2) is 8.87. The van der Waals surface area contributed by atoms with Crippen LogP contribution in [0.3, 0.4) is 0 Å². The molecule has 0 radical (unpaired) electrons. The van der Waals surface area contributed by atoms with Gasteiger partial charge in [-0.05, 0) is 49.8 Å². The number of hydrogen-bond acceptors (Lipinski definition) is 4. The van der Waals surface area contributed by atoms with Gasteiger partial charge < -0.3 is 4.90 Å². The lowest BCUT2D eigenvalue weighted by Crippen LogP contribution is -2.42. The maximum Gasteiger partial charge on any atom is 0.262 e. The zero-order valence-electron chi connectivity index (χ0n) is 16.9. The second-order valence-electron chi connectivity index (χ2n) is 8.13. The maximum atomic E-state index is 13.1. The first-order valence-corrected chi connectivity index (χ1v) is 11.2. The van der Waals surface area contributed by atoms with Gasteiger partial charge in [0.15, 0.2) is 5.16 Å². The summed E-state index contributed by atoms with van der Waals surface area (Å²) in [5, 5.41) is 1.39. The first-order valence-electron chi connectivity index (χ1n) is 9.91. The molecule has 3 rings (SSSR count). The van der Waals surface area contributed by atoms with Crippen LogP contribution in [0, 0.1) is 11.8 Å². The number of amides is 1. The summed E-state index contributed by atoms with van der Waals surface area (Å²) in [5.74, 6) is 1.08. The van der Waals surface area contributed by atoms with Crippen molar-refractivity contribution in [3.8, 4) is 0 Å². The molecule has 0 bridgehead atoms. The van der Waals surface area contributed by atoms with Crippen molar-refractivity contribution in [2.75, 3.05) is 13.1 Å². The van der Waals surface area contributed by atoms with Crippen LogP contribution in [-0.4, -0.2) is 38.7 Å². The summed E-state index contributed by atoms with van der Waals surface area (Å²) in [4.78, 5) is 32.6. The Bertz CT molecular complexity index is 920. The zero-order valence-corrected chi connectivity index (χ0v) is 18.5. The number of carbonyl (C=O) groups excluding carboxylic acids is 1. The molecule has 0 aliphatic carbocycles. The average molecular weight is 422 g/mol. The summed E-state index contributed by atoms with van der Waals surface area (Å²) in [5.41, 5.74) is 0.496. The van der Waals surface area contributed by atoms with Crippen molar-refractivity contribution < 1.29 is 4.79 Å². The Morgan fingerprint density at radius 3 is 2.61 bits per heavy atom. The normalized spacial score (nSPS) is 16.7. The van der Waals surface area contributed by atoms with Crippen LogP contribution < -0.4 is 5.56 Å². The van der Waals surface area contributed by atoms with Gasteiger partial charge >= 0.3 is 0 Å². The Kier molecular flexibility index (Phi) is 6.71. The molecule has 2 aromatic rings. The molecule has 2 heterocycles. The van der Waals surface area contributed by atoms with E-state index in [1.807, 2.05) is 11.8 Å². The molecular weight excluding hydrogens is 394 g/mol. The van der Waals surface area contributed by atoms with Crippen molar-refractivity contribution in [3.05, 3.63) is 33.6 Å². The Labute approximate surface area is 175 Å². The fourth-order valence-corrected chi connectivity index (χ4v) is 4.65. The van der Waals surface area contributed by atoms with Crippen LogP contribution in [0.1, 0.15) is 40.5 Å². The van der Waals surface area contributed by atoms with Crippen LogP contribution in [0.5, 0.6) is 0 Å². The highest BCUT2D eigenvalue weighted by Crippen LogP contribution is 2.27. The summed E-state index contributed by atoms with van der Waals surface area (Å²) < 4.78 is 1.70. The number of piperidine rings is 1. The number of halogens is 1. The van der Waals surface area contributed by atoms with Crippen molar-refractivity contribution >= 4 is 40.2 Å². The van der Waals surface area contributed by atoms with Crippen molar-refractivity contribution in [3.63, 3.8) is 0 Å². The molecular formula is C21H28ClN3O2S. The second-order valence-corrected chi connectivity index (χ2v) is 9.88. The third-order valence-corrected chi connectivity index (χ3v) is 6.47. The topological polar surface area (TPSA) is 55.2 Å². The van der Waals surface area contributed by atoms with E-state index in [-0.39, 0.29) is 22.6 Å². The van der Waals surface area contributed by atoms with Crippen LogP contribution in [-0.2, 0) is 11.3 Å². The minimum absolute atomic E-state index is 0.0793. The zero-order chi connectivity index (χ0) is 20.4. The molecule has 1 fully saturated rings. The van der Waals surface area contributed by atoms with E-state index in [2.05, 4.69) is 20.8 Å². The smallest absolute Gasteiger partial charge is 0.262 e. The van der Waals surface area contributed by atoms with Gasteiger partial charge in [-0.3, -0.25) is 14.2 Å². The third-order valence-electron chi connectivity index (χ3n) is 5.16. The van der Waals surface area contributed by atoms with Crippen molar-refractivity contribution in [2.24, 2.45) is 11.8 Å². The summed E-state index contributed by atoms with van der Waals surface area (Å²) >= 11 is 7.47. The van der Waals surface area contributed by atoms with Gasteiger partial charge in [0.05, 0.1) is 16.2 Å². The number of benzene rings is 1. The predicted molar refractivity (Wildman–Crippen MR) is 116 cm³/mol. The molecule has 1 aliphatic heterocycles. The maximum absolute atomic E-state index is 13.1.